The first-order valence-electron chi connectivity index (χ1n) is 4.70. The molecule has 0 aliphatic heterocycles. The third-order valence-electron chi connectivity index (χ3n) is 1.97. The highest BCUT2D eigenvalue weighted by Crippen LogP contribution is 2.25. The average Bonchev–Trinajstić information content (AvgIpc) is 2.25. The summed E-state index contributed by atoms with van der Waals surface area (Å²) in [5.41, 5.74) is 1.05. The van der Waals surface area contributed by atoms with Gasteiger partial charge in [0.25, 0.3) is 0 Å². The van der Waals surface area contributed by atoms with E-state index in [4.69, 9.17) is 9.47 Å². The highest BCUT2D eigenvalue weighted by Gasteiger charge is 2.00. The molecule has 0 saturated heterocycles. The minimum absolute atomic E-state index is 0.849. The molecule has 0 fully saturated rings. The first-order chi connectivity index (χ1) is 6.81. The topological polar surface area (TPSA) is 18.5 Å². The number of methoxy groups -OCH3 is 2. The van der Waals surface area contributed by atoms with Crippen molar-refractivity contribution in [3.63, 3.8) is 0 Å². The summed E-state index contributed by atoms with van der Waals surface area (Å²) in [6.45, 7) is 2.10. The Morgan fingerprint density at radius 1 is 1.21 bits per heavy atom. The van der Waals surface area contributed by atoms with Crippen molar-refractivity contribution in [2.75, 3.05) is 14.2 Å². The van der Waals surface area contributed by atoms with Gasteiger partial charge in [0.1, 0.15) is 11.5 Å². The molecule has 1 rings (SSSR count). The molecule has 1 aromatic carbocycles. The SMILES string of the molecule is CC/C=C/c1cc(OC)ccc1OC. The number of allylic oxidation sites excluding steroid dienone is 1. The first kappa shape index (κ1) is 10.6. The quantitative estimate of drug-likeness (QED) is 0.729. The lowest BCUT2D eigenvalue weighted by Gasteiger charge is -2.06. The second-order valence-electron chi connectivity index (χ2n) is 2.92. The number of hydrogen-bond donors (Lipinski definition) is 0. The first-order valence-corrected chi connectivity index (χ1v) is 4.70. The molecule has 0 saturated carbocycles. The summed E-state index contributed by atoms with van der Waals surface area (Å²) in [7, 11) is 3.33. The van der Waals surface area contributed by atoms with Crippen LogP contribution in [0.25, 0.3) is 6.08 Å². The summed E-state index contributed by atoms with van der Waals surface area (Å²) in [5.74, 6) is 1.72. The van der Waals surface area contributed by atoms with E-state index in [0.29, 0.717) is 0 Å². The summed E-state index contributed by atoms with van der Waals surface area (Å²) in [6.07, 6.45) is 5.15. The van der Waals surface area contributed by atoms with Crippen LogP contribution in [-0.4, -0.2) is 14.2 Å². The zero-order valence-electron chi connectivity index (χ0n) is 8.91. The lowest BCUT2D eigenvalue weighted by atomic mass is 10.1. The lowest BCUT2D eigenvalue weighted by Crippen LogP contribution is -1.89. The fourth-order valence-corrected chi connectivity index (χ4v) is 1.21. The van der Waals surface area contributed by atoms with Crippen LogP contribution in [0.5, 0.6) is 11.5 Å². The minimum atomic E-state index is 0.849. The van der Waals surface area contributed by atoms with Crippen molar-refractivity contribution < 1.29 is 9.47 Å². The van der Waals surface area contributed by atoms with E-state index in [9.17, 15) is 0 Å². The van der Waals surface area contributed by atoms with Gasteiger partial charge in [0.2, 0.25) is 0 Å². The van der Waals surface area contributed by atoms with Gasteiger partial charge >= 0.3 is 0 Å². The van der Waals surface area contributed by atoms with Crippen LogP contribution < -0.4 is 9.47 Å². The van der Waals surface area contributed by atoms with Crippen LogP contribution in [-0.2, 0) is 0 Å². The van der Waals surface area contributed by atoms with E-state index in [0.717, 1.165) is 23.5 Å². The van der Waals surface area contributed by atoms with Crippen molar-refractivity contribution in [2.45, 2.75) is 13.3 Å². The zero-order chi connectivity index (χ0) is 10.4. The third kappa shape index (κ3) is 2.52. The predicted octanol–water partition coefficient (Wildman–Crippen LogP) is 3.13. The van der Waals surface area contributed by atoms with Gasteiger partial charge in [-0.1, -0.05) is 19.1 Å². The zero-order valence-corrected chi connectivity index (χ0v) is 8.91. The standard InChI is InChI=1S/C12H16O2/c1-4-5-6-10-9-11(13-2)7-8-12(10)14-3/h5-9H,4H2,1-3H3/b6-5+. The van der Waals surface area contributed by atoms with Crippen molar-refractivity contribution in [2.24, 2.45) is 0 Å². The van der Waals surface area contributed by atoms with Gasteiger partial charge in [-0.3, -0.25) is 0 Å². The van der Waals surface area contributed by atoms with Crippen LogP contribution in [0.15, 0.2) is 24.3 Å². The van der Waals surface area contributed by atoms with Crippen molar-refractivity contribution >= 4 is 6.08 Å². The van der Waals surface area contributed by atoms with E-state index in [1.807, 2.05) is 24.3 Å². The smallest absolute Gasteiger partial charge is 0.126 e. The Hall–Kier alpha value is -1.44. The molecule has 0 spiro atoms. The fraction of sp³-hybridized carbons (Fsp3) is 0.333. The Morgan fingerprint density at radius 2 is 2.00 bits per heavy atom. The molecule has 0 aliphatic carbocycles. The Balaban J connectivity index is 3.02. The van der Waals surface area contributed by atoms with Gasteiger partial charge in [0, 0.05) is 5.56 Å². The molecule has 0 bridgehead atoms. The summed E-state index contributed by atoms with van der Waals surface area (Å²) in [5, 5.41) is 0. The maximum absolute atomic E-state index is 5.24. The van der Waals surface area contributed by atoms with Crippen LogP contribution in [0.2, 0.25) is 0 Å². The molecule has 1 aromatic rings. The third-order valence-corrected chi connectivity index (χ3v) is 1.97. The second-order valence-corrected chi connectivity index (χ2v) is 2.92. The van der Waals surface area contributed by atoms with E-state index in [2.05, 4.69) is 13.0 Å². The van der Waals surface area contributed by atoms with Crippen LogP contribution in [0, 0.1) is 0 Å². The van der Waals surface area contributed by atoms with E-state index in [-0.39, 0.29) is 0 Å². The van der Waals surface area contributed by atoms with Gasteiger partial charge in [0.05, 0.1) is 14.2 Å². The Morgan fingerprint density at radius 3 is 2.57 bits per heavy atom. The maximum atomic E-state index is 5.24. The summed E-state index contributed by atoms with van der Waals surface area (Å²) in [4.78, 5) is 0. The molecule has 2 nitrogen and oxygen atoms in total. The van der Waals surface area contributed by atoms with E-state index in [1.54, 1.807) is 14.2 Å². The van der Waals surface area contributed by atoms with Crippen molar-refractivity contribution in [3.8, 4) is 11.5 Å². The van der Waals surface area contributed by atoms with Gasteiger partial charge in [0.15, 0.2) is 0 Å². The van der Waals surface area contributed by atoms with Crippen LogP contribution in [0.4, 0.5) is 0 Å². The molecule has 0 amide bonds. The second kappa shape index (κ2) is 5.32. The molecule has 2 heteroatoms. The molecule has 0 N–H and O–H groups in total. The molecule has 0 heterocycles. The molecule has 0 radical (unpaired) electrons. The van der Waals surface area contributed by atoms with Gasteiger partial charge in [-0.15, -0.1) is 0 Å². The Bertz CT molecular complexity index is 316. The van der Waals surface area contributed by atoms with E-state index in [1.165, 1.54) is 0 Å². The molecule has 14 heavy (non-hydrogen) atoms. The number of hydrogen-bond acceptors (Lipinski definition) is 2. The van der Waals surface area contributed by atoms with Crippen molar-refractivity contribution in [3.05, 3.63) is 29.8 Å². The van der Waals surface area contributed by atoms with Crippen LogP contribution >= 0.6 is 0 Å². The molecule has 0 unspecified atom stereocenters. The average molecular weight is 192 g/mol. The minimum Gasteiger partial charge on any atom is -0.497 e. The summed E-state index contributed by atoms with van der Waals surface area (Å²) >= 11 is 0. The van der Waals surface area contributed by atoms with Gasteiger partial charge in [-0.05, 0) is 24.6 Å². The lowest BCUT2D eigenvalue weighted by molar-refractivity contribution is 0.402. The van der Waals surface area contributed by atoms with Gasteiger partial charge < -0.3 is 9.47 Å². The predicted molar refractivity (Wildman–Crippen MR) is 58.9 cm³/mol. The highest BCUT2D eigenvalue weighted by atomic mass is 16.5. The molecular formula is C12H16O2. The van der Waals surface area contributed by atoms with Crippen LogP contribution in [0.1, 0.15) is 18.9 Å². The molecule has 0 aromatic heterocycles. The molecule has 0 atom stereocenters. The van der Waals surface area contributed by atoms with Crippen LogP contribution in [0.3, 0.4) is 0 Å². The summed E-state index contributed by atoms with van der Waals surface area (Å²) in [6, 6.07) is 5.77. The van der Waals surface area contributed by atoms with Gasteiger partial charge in [-0.2, -0.15) is 0 Å². The normalized spacial score (nSPS) is 10.5. The van der Waals surface area contributed by atoms with E-state index < -0.39 is 0 Å². The largest absolute Gasteiger partial charge is 0.497 e. The van der Waals surface area contributed by atoms with Gasteiger partial charge in [-0.25, -0.2) is 0 Å². The maximum Gasteiger partial charge on any atom is 0.126 e. The number of benzene rings is 1. The fourth-order valence-electron chi connectivity index (χ4n) is 1.21. The summed E-state index contributed by atoms with van der Waals surface area (Å²) < 4.78 is 10.4. The van der Waals surface area contributed by atoms with Crippen molar-refractivity contribution in [1.29, 1.82) is 0 Å². The van der Waals surface area contributed by atoms with E-state index >= 15 is 0 Å². The Kier molecular flexibility index (Phi) is 4.05. The monoisotopic (exact) mass is 192 g/mol. The van der Waals surface area contributed by atoms with Crippen molar-refractivity contribution in [1.82, 2.24) is 0 Å². The molecular weight excluding hydrogens is 176 g/mol. The number of ether oxygens (including phenoxy) is 2. The molecule has 76 valence electrons. The Labute approximate surface area is 85.2 Å². The highest BCUT2D eigenvalue weighted by molar-refractivity contribution is 5.59. The molecule has 0 aliphatic rings. The number of rotatable bonds is 4.